The number of hydrogen-bond acceptors (Lipinski definition) is 6. The lowest BCUT2D eigenvalue weighted by Gasteiger charge is -2.31. The van der Waals surface area contributed by atoms with Crippen molar-refractivity contribution in [1.82, 2.24) is 15.2 Å². The number of ketones is 1. The molecule has 2 heterocycles. The van der Waals surface area contributed by atoms with Gasteiger partial charge in [0, 0.05) is 44.0 Å². The molecule has 1 fully saturated rings. The normalized spacial score (nSPS) is 17.7. The Kier molecular flexibility index (Phi) is 8.29. The number of fused-ring (bicyclic) bond motifs is 1. The Morgan fingerprint density at radius 3 is 2.57 bits per heavy atom. The van der Waals surface area contributed by atoms with E-state index < -0.39 is 29.5 Å². The number of nitrogens with two attached hydrogens (primary N) is 1. The van der Waals surface area contributed by atoms with Crippen LogP contribution in [0.2, 0.25) is 0 Å². The Morgan fingerprint density at radius 1 is 1.26 bits per heavy atom. The van der Waals surface area contributed by atoms with Crippen LogP contribution in [0.4, 0.5) is 0 Å². The molecule has 3 amide bonds. The second-order valence-electron chi connectivity index (χ2n) is 9.48. The summed E-state index contributed by atoms with van der Waals surface area (Å²) in [6.45, 7) is 4.00. The van der Waals surface area contributed by atoms with Crippen LogP contribution in [0.3, 0.4) is 0 Å². The average molecular weight is 487 g/mol. The summed E-state index contributed by atoms with van der Waals surface area (Å²) in [6.07, 6.45) is 0.943. The van der Waals surface area contributed by atoms with Crippen molar-refractivity contribution in [3.63, 3.8) is 0 Å². The quantitative estimate of drug-likeness (QED) is 0.413. The Labute approximate surface area is 204 Å². The number of nitrogens with one attached hydrogen (secondary N) is 2. The van der Waals surface area contributed by atoms with E-state index in [0.29, 0.717) is 18.5 Å². The number of carbonyl (C=O) groups is 4. The van der Waals surface area contributed by atoms with Crippen LogP contribution in [0, 0.1) is 5.92 Å². The highest BCUT2D eigenvalue weighted by atomic mass is 16.5. The molecular formula is C25H34N4O6. The van der Waals surface area contributed by atoms with Crippen molar-refractivity contribution in [3.8, 4) is 0 Å². The lowest BCUT2D eigenvalue weighted by Crippen LogP contribution is -2.48. The number of amides is 3. The highest BCUT2D eigenvalue weighted by Crippen LogP contribution is 2.31. The molecule has 3 atom stereocenters. The molecule has 2 aromatic rings. The van der Waals surface area contributed by atoms with Crippen molar-refractivity contribution in [3.05, 3.63) is 36.0 Å². The summed E-state index contributed by atoms with van der Waals surface area (Å²) in [5.41, 5.74) is 5.78. The molecule has 0 radical (unpaired) electrons. The summed E-state index contributed by atoms with van der Waals surface area (Å²) in [5.74, 6) is -2.02. The van der Waals surface area contributed by atoms with E-state index in [2.05, 4.69) is 10.6 Å². The molecule has 0 aliphatic carbocycles. The van der Waals surface area contributed by atoms with Crippen molar-refractivity contribution in [2.75, 3.05) is 27.4 Å². The number of para-hydroxylation sites is 1. The van der Waals surface area contributed by atoms with Gasteiger partial charge in [0.2, 0.25) is 11.8 Å². The maximum atomic E-state index is 13.8. The molecule has 0 spiro atoms. The van der Waals surface area contributed by atoms with Crippen molar-refractivity contribution >= 4 is 34.4 Å². The average Bonchev–Trinajstić information content (AvgIpc) is 3.40. The summed E-state index contributed by atoms with van der Waals surface area (Å²) in [5, 5.41) is 6.35. The smallest absolute Gasteiger partial charge is 0.265 e. The number of methoxy groups -OCH3 is 2. The van der Waals surface area contributed by atoms with E-state index in [1.807, 2.05) is 32.0 Å². The number of Topliss-reactive ketones (excluding diaryl/α,β-unsaturated/α-hetero) is 1. The van der Waals surface area contributed by atoms with Gasteiger partial charge in [-0.1, -0.05) is 18.2 Å². The Balaban J connectivity index is 2.02. The number of ether oxygens (including phenoxy) is 2. The Bertz CT molecular complexity index is 1110. The van der Waals surface area contributed by atoms with Gasteiger partial charge in [0.1, 0.15) is 18.3 Å². The number of aromatic nitrogens is 1. The third-order valence-corrected chi connectivity index (χ3v) is 6.53. The molecule has 0 saturated carbocycles. The van der Waals surface area contributed by atoms with Gasteiger partial charge in [0.05, 0.1) is 11.6 Å². The fourth-order valence-corrected chi connectivity index (χ4v) is 4.49. The van der Waals surface area contributed by atoms with E-state index >= 15 is 0 Å². The molecule has 3 rings (SSSR count). The van der Waals surface area contributed by atoms with Gasteiger partial charge < -0.3 is 30.4 Å². The molecule has 1 aliphatic rings. The first kappa shape index (κ1) is 26.4. The minimum atomic E-state index is -0.927. The van der Waals surface area contributed by atoms with Crippen LogP contribution >= 0.6 is 0 Å². The highest BCUT2D eigenvalue weighted by Gasteiger charge is 2.36. The zero-order valence-electron chi connectivity index (χ0n) is 20.6. The maximum Gasteiger partial charge on any atom is 0.265 e. The predicted octanol–water partition coefficient (Wildman–Crippen LogP) is 1.32. The van der Waals surface area contributed by atoms with Crippen molar-refractivity contribution in [1.29, 1.82) is 0 Å². The molecule has 0 unspecified atom stereocenters. The van der Waals surface area contributed by atoms with Gasteiger partial charge in [-0.15, -0.1) is 0 Å². The molecule has 1 aromatic carbocycles. The van der Waals surface area contributed by atoms with Gasteiger partial charge in [0.25, 0.3) is 5.91 Å². The van der Waals surface area contributed by atoms with Crippen molar-refractivity contribution < 1.29 is 28.7 Å². The number of rotatable bonds is 12. The van der Waals surface area contributed by atoms with Crippen LogP contribution in [0.25, 0.3) is 10.9 Å². The molecule has 0 bridgehead atoms. The lowest BCUT2D eigenvalue weighted by atomic mass is 9.94. The van der Waals surface area contributed by atoms with Crippen LogP contribution < -0.4 is 16.4 Å². The van der Waals surface area contributed by atoms with Crippen LogP contribution in [0.1, 0.15) is 49.6 Å². The van der Waals surface area contributed by atoms with E-state index in [1.165, 1.54) is 7.11 Å². The van der Waals surface area contributed by atoms with Gasteiger partial charge in [-0.25, -0.2) is 0 Å². The van der Waals surface area contributed by atoms with E-state index in [9.17, 15) is 19.2 Å². The van der Waals surface area contributed by atoms with Gasteiger partial charge in [-0.05, 0) is 38.8 Å². The maximum absolute atomic E-state index is 13.8. The largest absolute Gasteiger partial charge is 0.379 e. The fourth-order valence-electron chi connectivity index (χ4n) is 4.49. The first-order chi connectivity index (χ1) is 16.6. The standard InChI is InChI=1S/C25H34N4O6/c1-25(2,35-4)13-20(29-18-8-6-5-7-15(18)12-19(29)22(26)31)24(33)28-17(21(30)14-34-3)11-16-9-10-27-23(16)32/h5-8,12,16-17,20H,9-11,13-14H2,1-4H3,(H2,26,31)(H,27,32)(H,28,33)/t16-,17-,20-/m0/s1. The zero-order valence-corrected chi connectivity index (χ0v) is 20.6. The summed E-state index contributed by atoms with van der Waals surface area (Å²) < 4.78 is 12.2. The SMILES string of the molecule is COCC(=O)[C@H](C[C@@H]1CCNC1=O)NC(=O)[C@H](CC(C)(C)OC)n1c(C(N)=O)cc2ccccc21. The Hall–Kier alpha value is -3.24. The third-order valence-electron chi connectivity index (χ3n) is 6.53. The van der Waals surface area contributed by atoms with Gasteiger partial charge in [-0.3, -0.25) is 19.2 Å². The molecule has 1 saturated heterocycles. The molecule has 10 heteroatoms. The summed E-state index contributed by atoms with van der Waals surface area (Å²) >= 11 is 0. The first-order valence-electron chi connectivity index (χ1n) is 11.6. The summed E-state index contributed by atoms with van der Waals surface area (Å²) in [7, 11) is 2.94. The summed E-state index contributed by atoms with van der Waals surface area (Å²) in [4.78, 5) is 51.1. The number of hydrogen-bond donors (Lipinski definition) is 3. The van der Waals surface area contributed by atoms with E-state index in [4.69, 9.17) is 15.2 Å². The minimum Gasteiger partial charge on any atom is -0.379 e. The number of carbonyl (C=O) groups excluding carboxylic acids is 4. The van der Waals surface area contributed by atoms with Gasteiger partial charge >= 0.3 is 0 Å². The molecular weight excluding hydrogens is 452 g/mol. The second-order valence-corrected chi connectivity index (χ2v) is 9.48. The third kappa shape index (κ3) is 6.07. The molecule has 1 aromatic heterocycles. The zero-order chi connectivity index (χ0) is 25.8. The number of primary amides is 1. The van der Waals surface area contributed by atoms with E-state index in [0.717, 1.165) is 5.39 Å². The van der Waals surface area contributed by atoms with Crippen LogP contribution in [-0.4, -0.2) is 67.1 Å². The van der Waals surface area contributed by atoms with Crippen LogP contribution in [0.15, 0.2) is 30.3 Å². The molecule has 35 heavy (non-hydrogen) atoms. The second kappa shape index (κ2) is 11.0. The molecule has 1 aliphatic heterocycles. The lowest BCUT2D eigenvalue weighted by molar-refractivity contribution is -0.133. The van der Waals surface area contributed by atoms with Crippen molar-refractivity contribution in [2.45, 2.75) is 50.8 Å². The number of benzene rings is 1. The Morgan fingerprint density at radius 2 is 1.97 bits per heavy atom. The molecule has 10 nitrogen and oxygen atoms in total. The van der Waals surface area contributed by atoms with Gasteiger partial charge in [0.15, 0.2) is 5.78 Å². The summed E-state index contributed by atoms with van der Waals surface area (Å²) in [6, 6.07) is 7.08. The molecule has 190 valence electrons. The van der Waals surface area contributed by atoms with E-state index in [1.54, 1.807) is 23.8 Å². The fraction of sp³-hybridized carbons (Fsp3) is 0.520. The van der Waals surface area contributed by atoms with Crippen LogP contribution in [-0.2, 0) is 23.9 Å². The van der Waals surface area contributed by atoms with E-state index in [-0.39, 0.29) is 42.8 Å². The number of nitrogens with zero attached hydrogens (tertiary/aromatic N) is 1. The van der Waals surface area contributed by atoms with Crippen molar-refractivity contribution in [2.24, 2.45) is 11.7 Å². The predicted molar refractivity (Wildman–Crippen MR) is 130 cm³/mol. The molecule has 4 N–H and O–H groups in total. The topological polar surface area (TPSA) is 142 Å². The minimum absolute atomic E-state index is 0.140. The van der Waals surface area contributed by atoms with Gasteiger partial charge in [-0.2, -0.15) is 0 Å². The monoisotopic (exact) mass is 486 g/mol. The van der Waals surface area contributed by atoms with Crippen LogP contribution in [0.5, 0.6) is 0 Å². The highest BCUT2D eigenvalue weighted by molar-refractivity contribution is 6.00. The first-order valence-corrected chi connectivity index (χ1v) is 11.6.